The van der Waals surface area contributed by atoms with Gasteiger partial charge in [0.05, 0.1) is 0 Å². The first-order chi connectivity index (χ1) is 7.88. The Morgan fingerprint density at radius 1 is 0.938 bits per heavy atom. The second kappa shape index (κ2) is 5.04. The summed E-state index contributed by atoms with van der Waals surface area (Å²) in [6.45, 7) is 0.814. The maximum absolute atomic E-state index is 5.30. The molecule has 0 saturated heterocycles. The Morgan fingerprint density at radius 2 is 1.62 bits per heavy atom. The lowest BCUT2D eigenvalue weighted by atomic mass is 10.1. The third kappa shape index (κ3) is 2.65. The fourth-order valence-corrected chi connectivity index (χ4v) is 1.48. The molecule has 0 radical (unpaired) electrons. The van der Waals surface area contributed by atoms with Crippen molar-refractivity contribution in [2.24, 2.45) is 0 Å². The van der Waals surface area contributed by atoms with Gasteiger partial charge < -0.3 is 5.32 Å². The molecule has 1 N–H and O–H groups in total. The van der Waals surface area contributed by atoms with E-state index in [9.17, 15) is 0 Å². The Balaban J connectivity index is 1.98. The van der Waals surface area contributed by atoms with E-state index in [1.54, 1.807) is 0 Å². The Bertz CT molecular complexity index is 477. The SMILES string of the molecule is C#Cc1ccc(CNc2ccccc2)cc1. The summed E-state index contributed by atoms with van der Waals surface area (Å²) in [6.07, 6.45) is 5.30. The average Bonchev–Trinajstić information content (AvgIpc) is 2.38. The van der Waals surface area contributed by atoms with Gasteiger partial charge in [-0.15, -0.1) is 6.42 Å². The number of anilines is 1. The molecule has 0 spiro atoms. The number of rotatable bonds is 3. The topological polar surface area (TPSA) is 12.0 Å². The van der Waals surface area contributed by atoms with Gasteiger partial charge in [0.1, 0.15) is 0 Å². The van der Waals surface area contributed by atoms with Crippen LogP contribution in [0.2, 0.25) is 0 Å². The first-order valence-corrected chi connectivity index (χ1v) is 5.23. The van der Waals surface area contributed by atoms with Crippen molar-refractivity contribution < 1.29 is 0 Å². The molecule has 0 fully saturated rings. The molecule has 2 rings (SSSR count). The maximum atomic E-state index is 5.30. The van der Waals surface area contributed by atoms with E-state index in [2.05, 4.69) is 23.4 Å². The van der Waals surface area contributed by atoms with Crippen molar-refractivity contribution in [3.8, 4) is 12.3 Å². The molecule has 0 aliphatic rings. The zero-order valence-corrected chi connectivity index (χ0v) is 8.98. The normalized spacial score (nSPS) is 9.44. The number of terminal acetylenes is 1. The predicted molar refractivity (Wildman–Crippen MR) is 68.1 cm³/mol. The summed E-state index contributed by atoms with van der Waals surface area (Å²) in [6, 6.07) is 18.2. The molecule has 2 aromatic rings. The quantitative estimate of drug-likeness (QED) is 0.762. The molecule has 16 heavy (non-hydrogen) atoms. The van der Waals surface area contributed by atoms with Crippen LogP contribution in [0, 0.1) is 12.3 Å². The molecule has 0 aromatic heterocycles. The third-order valence-corrected chi connectivity index (χ3v) is 2.39. The van der Waals surface area contributed by atoms with E-state index < -0.39 is 0 Å². The number of para-hydroxylation sites is 1. The molecule has 78 valence electrons. The summed E-state index contributed by atoms with van der Waals surface area (Å²) >= 11 is 0. The minimum Gasteiger partial charge on any atom is -0.381 e. The maximum Gasteiger partial charge on any atom is 0.0400 e. The lowest BCUT2D eigenvalue weighted by molar-refractivity contribution is 1.15. The van der Waals surface area contributed by atoms with Crippen LogP contribution in [0.15, 0.2) is 54.6 Å². The van der Waals surface area contributed by atoms with E-state index in [4.69, 9.17) is 6.42 Å². The van der Waals surface area contributed by atoms with E-state index in [1.807, 2.05) is 42.5 Å². The Kier molecular flexibility index (Phi) is 3.25. The van der Waals surface area contributed by atoms with Crippen molar-refractivity contribution in [1.29, 1.82) is 0 Å². The minimum absolute atomic E-state index is 0.814. The van der Waals surface area contributed by atoms with Crippen molar-refractivity contribution in [1.82, 2.24) is 0 Å². The summed E-state index contributed by atoms with van der Waals surface area (Å²) in [5, 5.41) is 3.35. The second-order valence-corrected chi connectivity index (χ2v) is 3.56. The summed E-state index contributed by atoms with van der Waals surface area (Å²) in [4.78, 5) is 0. The number of hydrogen-bond acceptors (Lipinski definition) is 1. The summed E-state index contributed by atoms with van der Waals surface area (Å²) in [5.74, 6) is 2.61. The van der Waals surface area contributed by atoms with Crippen molar-refractivity contribution in [3.63, 3.8) is 0 Å². The van der Waals surface area contributed by atoms with Crippen molar-refractivity contribution in [2.75, 3.05) is 5.32 Å². The molecule has 1 heteroatoms. The standard InChI is InChI=1S/C15H13N/c1-2-13-8-10-14(11-9-13)12-16-15-6-4-3-5-7-15/h1,3-11,16H,12H2. The van der Waals surface area contributed by atoms with Gasteiger partial charge in [0.15, 0.2) is 0 Å². The molecule has 0 aliphatic carbocycles. The van der Waals surface area contributed by atoms with Crippen LogP contribution in [0.3, 0.4) is 0 Å². The smallest absolute Gasteiger partial charge is 0.0400 e. The van der Waals surface area contributed by atoms with Gasteiger partial charge in [0.2, 0.25) is 0 Å². The van der Waals surface area contributed by atoms with Crippen molar-refractivity contribution in [2.45, 2.75) is 6.54 Å². The molecule has 0 unspecified atom stereocenters. The molecule has 0 saturated carbocycles. The summed E-state index contributed by atoms with van der Waals surface area (Å²) in [5.41, 5.74) is 3.27. The molecule has 0 amide bonds. The zero-order chi connectivity index (χ0) is 11.2. The number of benzene rings is 2. The predicted octanol–water partition coefficient (Wildman–Crippen LogP) is 3.28. The van der Waals surface area contributed by atoms with Gasteiger partial charge in [-0.05, 0) is 29.8 Å². The summed E-state index contributed by atoms with van der Waals surface area (Å²) < 4.78 is 0. The Labute approximate surface area is 96.1 Å². The molecule has 0 aliphatic heterocycles. The van der Waals surface area contributed by atoms with Crippen LogP contribution < -0.4 is 5.32 Å². The highest BCUT2D eigenvalue weighted by Crippen LogP contribution is 2.09. The van der Waals surface area contributed by atoms with Crippen molar-refractivity contribution >= 4 is 5.69 Å². The first kappa shape index (κ1) is 10.3. The van der Waals surface area contributed by atoms with Crippen LogP contribution in [0.1, 0.15) is 11.1 Å². The van der Waals surface area contributed by atoms with Crippen LogP contribution >= 0.6 is 0 Å². The molecule has 0 heterocycles. The first-order valence-electron chi connectivity index (χ1n) is 5.23. The van der Waals surface area contributed by atoms with Crippen LogP contribution in [-0.4, -0.2) is 0 Å². The highest BCUT2D eigenvalue weighted by Gasteiger charge is 1.93. The molecular weight excluding hydrogens is 194 g/mol. The van der Waals surface area contributed by atoms with E-state index in [0.717, 1.165) is 17.8 Å². The van der Waals surface area contributed by atoms with Crippen LogP contribution in [-0.2, 0) is 6.54 Å². The zero-order valence-electron chi connectivity index (χ0n) is 8.98. The fraction of sp³-hybridized carbons (Fsp3) is 0.0667. The molecular formula is C15H13N. The lowest BCUT2D eigenvalue weighted by Gasteiger charge is -2.06. The van der Waals surface area contributed by atoms with E-state index in [1.165, 1.54) is 5.56 Å². The average molecular weight is 207 g/mol. The second-order valence-electron chi connectivity index (χ2n) is 3.56. The van der Waals surface area contributed by atoms with Crippen LogP contribution in [0.25, 0.3) is 0 Å². The molecule has 2 aromatic carbocycles. The highest BCUT2D eigenvalue weighted by molar-refractivity contribution is 5.43. The largest absolute Gasteiger partial charge is 0.381 e. The third-order valence-electron chi connectivity index (χ3n) is 2.39. The minimum atomic E-state index is 0.814. The summed E-state index contributed by atoms with van der Waals surface area (Å²) in [7, 11) is 0. The van der Waals surface area contributed by atoms with Gasteiger partial charge in [-0.1, -0.05) is 36.3 Å². The number of nitrogens with one attached hydrogen (secondary N) is 1. The highest BCUT2D eigenvalue weighted by atomic mass is 14.9. The fourth-order valence-electron chi connectivity index (χ4n) is 1.48. The van der Waals surface area contributed by atoms with Gasteiger partial charge in [-0.3, -0.25) is 0 Å². The van der Waals surface area contributed by atoms with Gasteiger partial charge in [-0.2, -0.15) is 0 Å². The monoisotopic (exact) mass is 207 g/mol. The molecule has 1 nitrogen and oxygen atoms in total. The van der Waals surface area contributed by atoms with Gasteiger partial charge in [0, 0.05) is 17.8 Å². The number of hydrogen-bond donors (Lipinski definition) is 1. The van der Waals surface area contributed by atoms with E-state index in [0.29, 0.717) is 0 Å². The molecule has 0 bridgehead atoms. The van der Waals surface area contributed by atoms with Gasteiger partial charge in [0.25, 0.3) is 0 Å². The van der Waals surface area contributed by atoms with Crippen LogP contribution in [0.5, 0.6) is 0 Å². The van der Waals surface area contributed by atoms with Crippen molar-refractivity contribution in [3.05, 3.63) is 65.7 Å². The van der Waals surface area contributed by atoms with E-state index >= 15 is 0 Å². The molecule has 0 atom stereocenters. The Hall–Kier alpha value is -2.20. The lowest BCUT2D eigenvalue weighted by Crippen LogP contribution is -1.98. The van der Waals surface area contributed by atoms with Crippen LogP contribution in [0.4, 0.5) is 5.69 Å². The Morgan fingerprint density at radius 3 is 2.25 bits per heavy atom. The van der Waals surface area contributed by atoms with Gasteiger partial charge >= 0.3 is 0 Å². The van der Waals surface area contributed by atoms with Gasteiger partial charge in [-0.25, -0.2) is 0 Å². The van der Waals surface area contributed by atoms with E-state index in [-0.39, 0.29) is 0 Å².